The van der Waals surface area contributed by atoms with Crippen LogP contribution in [0.25, 0.3) is 0 Å². The maximum absolute atomic E-state index is 11.1. The van der Waals surface area contributed by atoms with Crippen LogP contribution in [0.5, 0.6) is 0 Å². The Kier molecular flexibility index (Phi) is 4.55. The SMILES string of the molecule is Nc1ccc([N+](=O)[O-])cc1C(c1ccccc1)N1CCOCC1. The zero-order chi connectivity index (χ0) is 16.2. The van der Waals surface area contributed by atoms with E-state index in [-0.39, 0.29) is 16.7 Å². The quantitative estimate of drug-likeness (QED) is 0.533. The molecule has 1 heterocycles. The third kappa shape index (κ3) is 3.33. The normalized spacial score (nSPS) is 16.9. The second-order valence-electron chi connectivity index (χ2n) is 5.53. The number of benzene rings is 2. The molecule has 0 spiro atoms. The summed E-state index contributed by atoms with van der Waals surface area (Å²) in [6.07, 6.45) is 0. The molecule has 1 aliphatic heterocycles. The number of morpholine rings is 1. The van der Waals surface area contributed by atoms with Crippen molar-refractivity contribution < 1.29 is 9.66 Å². The number of nitrogens with two attached hydrogens (primary N) is 1. The molecule has 1 aliphatic rings. The molecule has 1 atom stereocenters. The lowest BCUT2D eigenvalue weighted by Crippen LogP contribution is -2.39. The second-order valence-corrected chi connectivity index (χ2v) is 5.53. The Bertz CT molecular complexity index is 685. The van der Waals surface area contributed by atoms with Crippen molar-refractivity contribution in [1.82, 2.24) is 4.90 Å². The Labute approximate surface area is 134 Å². The lowest BCUT2D eigenvalue weighted by atomic mass is 9.95. The van der Waals surface area contributed by atoms with Gasteiger partial charge in [-0.2, -0.15) is 0 Å². The summed E-state index contributed by atoms with van der Waals surface area (Å²) in [4.78, 5) is 13.0. The minimum atomic E-state index is -0.385. The van der Waals surface area contributed by atoms with Crippen molar-refractivity contribution in [2.24, 2.45) is 0 Å². The fourth-order valence-corrected chi connectivity index (χ4v) is 2.97. The molecule has 2 N–H and O–H groups in total. The van der Waals surface area contributed by atoms with Crippen LogP contribution in [0.3, 0.4) is 0 Å². The highest BCUT2D eigenvalue weighted by atomic mass is 16.6. The van der Waals surface area contributed by atoms with Crippen molar-refractivity contribution in [3.05, 3.63) is 69.8 Å². The van der Waals surface area contributed by atoms with Gasteiger partial charge in [-0.05, 0) is 11.6 Å². The van der Waals surface area contributed by atoms with Crippen molar-refractivity contribution >= 4 is 11.4 Å². The van der Waals surface area contributed by atoms with Gasteiger partial charge in [0.1, 0.15) is 0 Å². The summed E-state index contributed by atoms with van der Waals surface area (Å²) in [5.41, 5.74) is 8.62. The van der Waals surface area contributed by atoms with E-state index in [0.717, 1.165) is 24.2 Å². The van der Waals surface area contributed by atoms with Gasteiger partial charge in [-0.1, -0.05) is 30.3 Å². The van der Waals surface area contributed by atoms with Gasteiger partial charge >= 0.3 is 0 Å². The Hall–Kier alpha value is -2.44. The summed E-state index contributed by atoms with van der Waals surface area (Å²) < 4.78 is 5.43. The number of anilines is 1. The number of ether oxygens (including phenoxy) is 1. The summed E-state index contributed by atoms with van der Waals surface area (Å²) in [6, 6.07) is 14.5. The van der Waals surface area contributed by atoms with Gasteiger partial charge in [0.15, 0.2) is 0 Å². The van der Waals surface area contributed by atoms with Gasteiger partial charge in [0.2, 0.25) is 0 Å². The molecule has 2 aromatic rings. The topological polar surface area (TPSA) is 81.6 Å². The number of hydrogen-bond donors (Lipinski definition) is 1. The monoisotopic (exact) mass is 313 g/mol. The molecule has 23 heavy (non-hydrogen) atoms. The third-order valence-electron chi connectivity index (χ3n) is 4.10. The maximum Gasteiger partial charge on any atom is 0.269 e. The molecular formula is C17H19N3O3. The van der Waals surface area contributed by atoms with Crippen molar-refractivity contribution in [2.45, 2.75) is 6.04 Å². The third-order valence-corrected chi connectivity index (χ3v) is 4.10. The lowest BCUT2D eigenvalue weighted by Gasteiger charge is -2.35. The molecule has 0 saturated carbocycles. The summed E-state index contributed by atoms with van der Waals surface area (Å²) in [5, 5.41) is 11.1. The molecule has 0 bridgehead atoms. The number of rotatable bonds is 4. The standard InChI is InChI=1S/C17H19N3O3/c18-16-7-6-14(20(21)22)12-15(16)17(13-4-2-1-3-5-13)19-8-10-23-11-9-19/h1-7,12,17H,8-11,18H2. The molecule has 0 radical (unpaired) electrons. The van der Waals surface area contributed by atoms with E-state index in [1.54, 1.807) is 12.1 Å². The smallest absolute Gasteiger partial charge is 0.269 e. The number of nitrogens with zero attached hydrogens (tertiary/aromatic N) is 2. The van der Waals surface area contributed by atoms with Crippen LogP contribution in [-0.2, 0) is 4.74 Å². The fourth-order valence-electron chi connectivity index (χ4n) is 2.97. The number of hydrogen-bond acceptors (Lipinski definition) is 5. The van der Waals surface area contributed by atoms with Crippen LogP contribution in [0, 0.1) is 10.1 Å². The molecule has 120 valence electrons. The van der Waals surface area contributed by atoms with E-state index in [9.17, 15) is 10.1 Å². The van der Waals surface area contributed by atoms with E-state index in [2.05, 4.69) is 4.90 Å². The fraction of sp³-hybridized carbons (Fsp3) is 0.294. The molecule has 1 unspecified atom stereocenters. The maximum atomic E-state index is 11.1. The first-order valence-corrected chi connectivity index (χ1v) is 7.57. The Balaban J connectivity index is 2.07. The molecule has 1 saturated heterocycles. The number of non-ortho nitro benzene ring substituents is 1. The first-order valence-electron chi connectivity index (χ1n) is 7.57. The van der Waals surface area contributed by atoms with Gasteiger partial charge < -0.3 is 10.5 Å². The van der Waals surface area contributed by atoms with E-state index in [4.69, 9.17) is 10.5 Å². The van der Waals surface area contributed by atoms with E-state index in [1.807, 2.05) is 30.3 Å². The highest BCUT2D eigenvalue weighted by molar-refractivity contribution is 5.56. The van der Waals surface area contributed by atoms with Gasteiger partial charge in [0.25, 0.3) is 5.69 Å². The van der Waals surface area contributed by atoms with Crippen LogP contribution in [0.4, 0.5) is 11.4 Å². The first kappa shape index (κ1) is 15.5. The van der Waals surface area contributed by atoms with E-state index < -0.39 is 0 Å². The molecule has 6 nitrogen and oxygen atoms in total. The van der Waals surface area contributed by atoms with Gasteiger partial charge in [-0.3, -0.25) is 15.0 Å². The van der Waals surface area contributed by atoms with Crippen LogP contribution in [0.2, 0.25) is 0 Å². The predicted molar refractivity (Wildman–Crippen MR) is 88.2 cm³/mol. The Morgan fingerprint density at radius 3 is 2.48 bits per heavy atom. The number of nitrogen functional groups attached to an aromatic ring is 1. The minimum absolute atomic E-state index is 0.0587. The number of nitro groups is 1. The van der Waals surface area contributed by atoms with Crippen LogP contribution >= 0.6 is 0 Å². The summed E-state index contributed by atoms with van der Waals surface area (Å²) in [6.45, 7) is 2.83. The Morgan fingerprint density at radius 2 is 1.83 bits per heavy atom. The highest BCUT2D eigenvalue weighted by Crippen LogP contribution is 2.34. The van der Waals surface area contributed by atoms with Crippen LogP contribution in [0.1, 0.15) is 17.2 Å². The summed E-state index contributed by atoms with van der Waals surface area (Å²) in [7, 11) is 0. The minimum Gasteiger partial charge on any atom is -0.398 e. The van der Waals surface area contributed by atoms with Crippen LogP contribution < -0.4 is 5.73 Å². The summed E-state index contributed by atoms with van der Waals surface area (Å²) in [5.74, 6) is 0. The van der Waals surface area contributed by atoms with Crippen molar-refractivity contribution in [3.63, 3.8) is 0 Å². The first-order chi connectivity index (χ1) is 11.2. The molecular weight excluding hydrogens is 294 g/mol. The molecule has 6 heteroatoms. The van der Waals surface area contributed by atoms with Gasteiger partial charge in [0.05, 0.1) is 24.2 Å². The average Bonchev–Trinajstić information content (AvgIpc) is 2.58. The van der Waals surface area contributed by atoms with Gasteiger partial charge in [-0.15, -0.1) is 0 Å². The molecule has 0 aliphatic carbocycles. The van der Waals surface area contributed by atoms with Crippen molar-refractivity contribution in [1.29, 1.82) is 0 Å². The van der Waals surface area contributed by atoms with Gasteiger partial charge in [-0.25, -0.2) is 0 Å². The van der Waals surface area contributed by atoms with E-state index >= 15 is 0 Å². The molecule has 0 aromatic heterocycles. The predicted octanol–water partition coefficient (Wildman–Crippen LogP) is 2.60. The van der Waals surface area contributed by atoms with E-state index in [0.29, 0.717) is 18.9 Å². The summed E-state index contributed by atoms with van der Waals surface area (Å²) >= 11 is 0. The molecule has 2 aromatic carbocycles. The zero-order valence-electron chi connectivity index (χ0n) is 12.7. The van der Waals surface area contributed by atoms with Crippen LogP contribution in [0.15, 0.2) is 48.5 Å². The van der Waals surface area contributed by atoms with Gasteiger partial charge in [0, 0.05) is 36.5 Å². The lowest BCUT2D eigenvalue weighted by molar-refractivity contribution is -0.384. The van der Waals surface area contributed by atoms with Crippen molar-refractivity contribution in [2.75, 3.05) is 32.0 Å². The molecule has 0 amide bonds. The molecule has 3 rings (SSSR count). The zero-order valence-corrected chi connectivity index (χ0v) is 12.7. The molecule has 1 fully saturated rings. The van der Waals surface area contributed by atoms with Crippen molar-refractivity contribution in [3.8, 4) is 0 Å². The average molecular weight is 313 g/mol. The highest BCUT2D eigenvalue weighted by Gasteiger charge is 2.27. The van der Waals surface area contributed by atoms with Crippen LogP contribution in [-0.4, -0.2) is 36.1 Å². The largest absolute Gasteiger partial charge is 0.398 e. The number of nitro benzene ring substituents is 1. The Morgan fingerprint density at radius 1 is 1.13 bits per heavy atom. The van der Waals surface area contributed by atoms with E-state index in [1.165, 1.54) is 6.07 Å². The second kappa shape index (κ2) is 6.76.